The van der Waals surface area contributed by atoms with Gasteiger partial charge < -0.3 is 18.6 Å². The fourth-order valence-corrected chi connectivity index (χ4v) is 4.60. The van der Waals surface area contributed by atoms with E-state index in [1.807, 2.05) is 23.5 Å². The summed E-state index contributed by atoms with van der Waals surface area (Å²) in [5.74, 6) is 1.74. The Balaban J connectivity index is 1.16. The number of furan rings is 1. The third-order valence-corrected chi connectivity index (χ3v) is 6.04. The van der Waals surface area contributed by atoms with Crippen molar-refractivity contribution in [3.05, 3.63) is 53.6 Å². The molecule has 1 aliphatic rings. The highest BCUT2D eigenvalue weighted by Crippen LogP contribution is 2.20. The van der Waals surface area contributed by atoms with Crippen LogP contribution in [0.1, 0.15) is 10.9 Å². The van der Waals surface area contributed by atoms with Crippen LogP contribution < -0.4 is 9.80 Å². The van der Waals surface area contributed by atoms with E-state index in [0.29, 0.717) is 17.5 Å². The maximum absolute atomic E-state index is 5.74. The second-order valence-electron chi connectivity index (χ2n) is 6.91. The van der Waals surface area contributed by atoms with E-state index in [0.717, 1.165) is 44.8 Å². The Morgan fingerprint density at radius 3 is 2.52 bits per heavy atom. The molecule has 5 rings (SSSR count). The first-order valence-electron chi connectivity index (χ1n) is 9.21. The van der Waals surface area contributed by atoms with Crippen LogP contribution in [0.2, 0.25) is 0 Å². The Hall–Kier alpha value is -2.55. The highest BCUT2D eigenvalue weighted by atomic mass is 32.1. The van der Waals surface area contributed by atoms with Gasteiger partial charge in [-0.2, -0.15) is 0 Å². The number of hydrogen-bond donors (Lipinski definition) is 2. The minimum Gasteiger partial charge on any atom is -0.459 e. The minimum atomic E-state index is 0.453. The molecule has 27 heavy (non-hydrogen) atoms. The van der Waals surface area contributed by atoms with E-state index < -0.39 is 0 Å². The second-order valence-corrected chi connectivity index (χ2v) is 8.02. The number of rotatable bonds is 5. The van der Waals surface area contributed by atoms with Gasteiger partial charge in [0.05, 0.1) is 16.5 Å². The fraction of sp³-hybridized carbons (Fsp3) is 0.316. The molecule has 1 aliphatic heterocycles. The average molecular weight is 383 g/mol. The lowest BCUT2D eigenvalue weighted by atomic mass is 10.3. The first-order chi connectivity index (χ1) is 13.3. The first-order valence-corrected chi connectivity index (χ1v) is 10.0. The SMILES string of the molecule is c1coc(-c2nnc(C[NH+]3CC[NH+](Cc4nc5ccccc5s4)CC3)o2)c1. The van der Waals surface area contributed by atoms with Crippen LogP contribution in [0.5, 0.6) is 0 Å². The lowest BCUT2D eigenvalue weighted by molar-refractivity contribution is -1.02. The number of thiazole rings is 1. The van der Waals surface area contributed by atoms with E-state index in [2.05, 4.69) is 34.5 Å². The summed E-state index contributed by atoms with van der Waals surface area (Å²) in [5.41, 5.74) is 1.12. The van der Waals surface area contributed by atoms with Crippen molar-refractivity contribution in [1.29, 1.82) is 0 Å². The van der Waals surface area contributed by atoms with Crippen molar-refractivity contribution in [2.75, 3.05) is 26.2 Å². The largest absolute Gasteiger partial charge is 0.459 e. The lowest BCUT2D eigenvalue weighted by Crippen LogP contribution is -3.27. The number of nitrogens with zero attached hydrogens (tertiary/aromatic N) is 3. The van der Waals surface area contributed by atoms with Gasteiger partial charge in [-0.3, -0.25) is 0 Å². The second kappa shape index (κ2) is 7.22. The fourth-order valence-electron chi connectivity index (χ4n) is 3.56. The molecule has 7 nitrogen and oxygen atoms in total. The molecule has 138 valence electrons. The van der Waals surface area contributed by atoms with E-state index in [1.165, 1.54) is 14.6 Å². The molecule has 0 bridgehead atoms. The summed E-state index contributed by atoms with van der Waals surface area (Å²) in [4.78, 5) is 7.85. The maximum atomic E-state index is 5.74. The highest BCUT2D eigenvalue weighted by Gasteiger charge is 2.26. The van der Waals surface area contributed by atoms with E-state index in [1.54, 1.807) is 11.2 Å². The zero-order chi connectivity index (χ0) is 18.1. The number of quaternary nitrogens is 2. The normalized spacial score (nSPS) is 20.3. The van der Waals surface area contributed by atoms with E-state index in [-0.39, 0.29) is 0 Å². The molecule has 1 aromatic carbocycles. The van der Waals surface area contributed by atoms with Gasteiger partial charge in [0.2, 0.25) is 0 Å². The Morgan fingerprint density at radius 2 is 1.74 bits per heavy atom. The van der Waals surface area contributed by atoms with Crippen LogP contribution in [0.3, 0.4) is 0 Å². The van der Waals surface area contributed by atoms with Gasteiger partial charge >= 0.3 is 0 Å². The van der Waals surface area contributed by atoms with Gasteiger partial charge in [-0.05, 0) is 24.3 Å². The Bertz CT molecular complexity index is 985. The summed E-state index contributed by atoms with van der Waals surface area (Å²) >= 11 is 1.81. The summed E-state index contributed by atoms with van der Waals surface area (Å²) in [5, 5.41) is 9.48. The smallest absolute Gasteiger partial charge is 0.283 e. The molecule has 0 saturated carbocycles. The number of para-hydroxylation sites is 1. The van der Waals surface area contributed by atoms with Crippen molar-refractivity contribution in [2.45, 2.75) is 13.1 Å². The molecule has 8 heteroatoms. The summed E-state index contributed by atoms with van der Waals surface area (Å²) in [6.45, 7) is 6.23. The van der Waals surface area contributed by atoms with Gasteiger partial charge in [0.25, 0.3) is 11.8 Å². The molecule has 1 fully saturated rings. The van der Waals surface area contributed by atoms with Gasteiger partial charge in [-0.15, -0.1) is 21.5 Å². The van der Waals surface area contributed by atoms with Crippen molar-refractivity contribution in [3.63, 3.8) is 0 Å². The number of fused-ring (bicyclic) bond motifs is 1. The summed E-state index contributed by atoms with van der Waals surface area (Å²) < 4.78 is 12.3. The van der Waals surface area contributed by atoms with Gasteiger partial charge in [0.1, 0.15) is 37.7 Å². The first kappa shape index (κ1) is 16.6. The molecule has 1 saturated heterocycles. The maximum Gasteiger partial charge on any atom is 0.283 e. The molecule has 0 spiro atoms. The predicted molar refractivity (Wildman–Crippen MR) is 100 cm³/mol. The number of aromatic nitrogens is 3. The third kappa shape index (κ3) is 3.64. The zero-order valence-electron chi connectivity index (χ0n) is 14.9. The lowest BCUT2D eigenvalue weighted by Gasteiger charge is -2.28. The van der Waals surface area contributed by atoms with Crippen LogP contribution >= 0.6 is 11.3 Å². The van der Waals surface area contributed by atoms with Gasteiger partial charge in [-0.25, -0.2) is 4.98 Å². The molecule has 0 atom stereocenters. The van der Waals surface area contributed by atoms with Gasteiger partial charge in [0.15, 0.2) is 12.3 Å². The van der Waals surface area contributed by atoms with Crippen LogP contribution in [0.15, 0.2) is 51.5 Å². The van der Waals surface area contributed by atoms with E-state index >= 15 is 0 Å². The molecule has 2 N–H and O–H groups in total. The van der Waals surface area contributed by atoms with Crippen LogP contribution in [0.4, 0.5) is 0 Å². The number of hydrogen-bond acceptors (Lipinski definition) is 6. The summed E-state index contributed by atoms with van der Waals surface area (Å²) in [6.07, 6.45) is 1.61. The predicted octanol–water partition coefficient (Wildman–Crippen LogP) is 0.423. The molecule has 0 aliphatic carbocycles. The van der Waals surface area contributed by atoms with Crippen LogP contribution in [-0.2, 0) is 13.1 Å². The van der Waals surface area contributed by atoms with Crippen LogP contribution in [-0.4, -0.2) is 41.4 Å². The molecule has 4 heterocycles. The average Bonchev–Trinajstić information content (AvgIpc) is 3.43. The van der Waals surface area contributed by atoms with Crippen LogP contribution in [0.25, 0.3) is 21.9 Å². The number of benzene rings is 1. The van der Waals surface area contributed by atoms with E-state index in [4.69, 9.17) is 13.8 Å². The zero-order valence-corrected chi connectivity index (χ0v) is 15.7. The number of nitrogens with one attached hydrogen (secondary N) is 2. The molecule has 4 aromatic rings. The van der Waals surface area contributed by atoms with Crippen molar-refractivity contribution in [1.82, 2.24) is 15.2 Å². The van der Waals surface area contributed by atoms with Crippen molar-refractivity contribution >= 4 is 21.6 Å². The molecular weight excluding hydrogens is 362 g/mol. The number of piperazine rings is 1. The Labute approximate surface area is 160 Å². The highest BCUT2D eigenvalue weighted by molar-refractivity contribution is 7.18. The van der Waals surface area contributed by atoms with Crippen molar-refractivity contribution < 1.29 is 18.6 Å². The summed E-state index contributed by atoms with van der Waals surface area (Å²) in [7, 11) is 0. The molecule has 0 radical (unpaired) electrons. The monoisotopic (exact) mass is 383 g/mol. The minimum absolute atomic E-state index is 0.453. The molecular formula is C19H21N5O2S+2. The molecule has 3 aromatic heterocycles. The topological polar surface area (TPSA) is 73.8 Å². The van der Waals surface area contributed by atoms with Crippen LogP contribution in [0, 0.1) is 0 Å². The third-order valence-electron chi connectivity index (χ3n) is 5.00. The van der Waals surface area contributed by atoms with Gasteiger partial charge in [0, 0.05) is 0 Å². The van der Waals surface area contributed by atoms with E-state index in [9.17, 15) is 0 Å². The summed E-state index contributed by atoms with van der Waals surface area (Å²) in [6, 6.07) is 12.0. The molecule has 0 unspecified atom stereocenters. The Morgan fingerprint density at radius 1 is 0.926 bits per heavy atom. The quantitative estimate of drug-likeness (QED) is 0.523. The molecule has 0 amide bonds. The Kier molecular flexibility index (Phi) is 4.44. The standard InChI is InChI=1S/C19H19N5O2S/c1-2-6-16-14(4-1)20-18(27-16)13-24-9-7-23(8-10-24)12-17-21-22-19(26-17)15-5-3-11-25-15/h1-6,11H,7-10,12-13H2/p+2. The van der Waals surface area contributed by atoms with Crippen molar-refractivity contribution in [2.24, 2.45) is 0 Å². The van der Waals surface area contributed by atoms with Crippen molar-refractivity contribution in [3.8, 4) is 11.7 Å². The van der Waals surface area contributed by atoms with Gasteiger partial charge in [-0.1, -0.05) is 12.1 Å².